The number of fused-ring (bicyclic) bond motifs is 1. The van der Waals surface area contributed by atoms with Crippen LogP contribution in [0.15, 0.2) is 22.4 Å². The molecule has 0 N–H and O–H groups in total. The fourth-order valence-corrected chi connectivity index (χ4v) is 3.17. The molecule has 3 heteroatoms. The molecule has 2 nitrogen and oxygen atoms in total. The molecule has 0 amide bonds. The Kier molecular flexibility index (Phi) is 2.31. The second-order valence-electron chi connectivity index (χ2n) is 4.81. The van der Waals surface area contributed by atoms with E-state index in [1.54, 1.807) is 7.11 Å². The molecule has 1 heterocycles. The van der Waals surface area contributed by atoms with E-state index in [9.17, 15) is 0 Å². The molecule has 3 rings (SSSR count). The quantitative estimate of drug-likeness (QED) is 0.787. The maximum absolute atomic E-state index is 6.16. The molecule has 1 aromatic carbocycles. The Morgan fingerprint density at radius 3 is 2.82 bits per heavy atom. The van der Waals surface area contributed by atoms with Gasteiger partial charge in [0.1, 0.15) is 11.5 Å². The molecule has 1 spiro atoms. The molecule has 2 aliphatic rings. The molecule has 0 bridgehead atoms. The molecule has 0 aromatic heterocycles. The van der Waals surface area contributed by atoms with Gasteiger partial charge in [-0.1, -0.05) is 15.9 Å². The SMILES string of the molecule is COC1=CC12CCc1c(C)c(Br)cc(C)c1O2. The number of hydrogen-bond donors (Lipinski definition) is 0. The first-order valence-electron chi connectivity index (χ1n) is 5.82. The first-order valence-corrected chi connectivity index (χ1v) is 6.61. The highest BCUT2D eigenvalue weighted by Gasteiger charge is 2.51. The number of hydrogen-bond acceptors (Lipinski definition) is 2. The normalized spacial score (nSPS) is 25.1. The maximum atomic E-state index is 6.16. The minimum atomic E-state index is -0.229. The third kappa shape index (κ3) is 1.52. The largest absolute Gasteiger partial charge is 0.497 e. The summed E-state index contributed by atoms with van der Waals surface area (Å²) in [6.07, 6.45) is 4.11. The summed E-state index contributed by atoms with van der Waals surface area (Å²) in [5.74, 6) is 2.02. The van der Waals surface area contributed by atoms with E-state index in [1.807, 2.05) is 0 Å². The van der Waals surface area contributed by atoms with Gasteiger partial charge in [0.2, 0.25) is 0 Å². The van der Waals surface area contributed by atoms with Crippen LogP contribution in [0.4, 0.5) is 0 Å². The average Bonchev–Trinajstić information content (AvgIpc) is 2.99. The van der Waals surface area contributed by atoms with Crippen molar-refractivity contribution >= 4 is 15.9 Å². The van der Waals surface area contributed by atoms with Crippen LogP contribution in [0.3, 0.4) is 0 Å². The van der Waals surface area contributed by atoms with Gasteiger partial charge in [-0.3, -0.25) is 0 Å². The van der Waals surface area contributed by atoms with Gasteiger partial charge in [-0.25, -0.2) is 0 Å². The highest BCUT2D eigenvalue weighted by molar-refractivity contribution is 9.10. The van der Waals surface area contributed by atoms with E-state index < -0.39 is 0 Å². The Hall–Kier alpha value is -0.960. The zero-order valence-electron chi connectivity index (χ0n) is 10.3. The lowest BCUT2D eigenvalue weighted by molar-refractivity contribution is 0.120. The fourth-order valence-electron chi connectivity index (χ4n) is 2.59. The van der Waals surface area contributed by atoms with Gasteiger partial charge in [-0.05, 0) is 43.0 Å². The van der Waals surface area contributed by atoms with E-state index in [2.05, 4.69) is 41.9 Å². The summed E-state index contributed by atoms with van der Waals surface area (Å²) >= 11 is 3.60. The van der Waals surface area contributed by atoms with Crippen LogP contribution < -0.4 is 4.74 Å². The van der Waals surface area contributed by atoms with Crippen molar-refractivity contribution in [2.24, 2.45) is 0 Å². The van der Waals surface area contributed by atoms with Crippen LogP contribution in [0.5, 0.6) is 5.75 Å². The van der Waals surface area contributed by atoms with Gasteiger partial charge in [0.15, 0.2) is 5.60 Å². The highest BCUT2D eigenvalue weighted by atomic mass is 79.9. The number of benzene rings is 1. The van der Waals surface area contributed by atoms with E-state index in [0.717, 1.165) is 24.4 Å². The van der Waals surface area contributed by atoms with Crippen LogP contribution >= 0.6 is 15.9 Å². The van der Waals surface area contributed by atoms with Crippen molar-refractivity contribution in [1.29, 1.82) is 0 Å². The molecule has 0 fully saturated rings. The van der Waals surface area contributed by atoms with Crippen molar-refractivity contribution in [1.82, 2.24) is 0 Å². The van der Waals surface area contributed by atoms with Crippen molar-refractivity contribution in [3.63, 3.8) is 0 Å². The lowest BCUT2D eigenvalue weighted by Gasteiger charge is -2.30. The Morgan fingerprint density at radius 1 is 1.41 bits per heavy atom. The maximum Gasteiger partial charge on any atom is 0.187 e. The van der Waals surface area contributed by atoms with Gasteiger partial charge in [0, 0.05) is 17.0 Å². The standard InChI is InChI=1S/C14H15BrO2/c1-8-6-11(15)9(2)10-4-5-14(17-13(8)10)7-12(14)16-3/h6-7H,4-5H2,1-3H3. The molecule has 1 aliphatic carbocycles. The van der Waals surface area contributed by atoms with Crippen molar-refractivity contribution < 1.29 is 9.47 Å². The molecule has 17 heavy (non-hydrogen) atoms. The van der Waals surface area contributed by atoms with Crippen LogP contribution in [0, 0.1) is 13.8 Å². The van der Waals surface area contributed by atoms with E-state index in [-0.39, 0.29) is 5.60 Å². The molecule has 90 valence electrons. The van der Waals surface area contributed by atoms with Gasteiger partial charge in [0.25, 0.3) is 0 Å². The Morgan fingerprint density at radius 2 is 2.18 bits per heavy atom. The predicted octanol–water partition coefficient (Wildman–Crippen LogP) is 3.67. The second-order valence-corrected chi connectivity index (χ2v) is 5.67. The summed E-state index contributed by atoms with van der Waals surface area (Å²) in [5, 5.41) is 0. The van der Waals surface area contributed by atoms with E-state index in [4.69, 9.17) is 9.47 Å². The van der Waals surface area contributed by atoms with Crippen LogP contribution in [0.2, 0.25) is 0 Å². The molecule has 0 radical (unpaired) electrons. The zero-order valence-corrected chi connectivity index (χ0v) is 11.8. The summed E-state index contributed by atoms with van der Waals surface area (Å²) in [6.45, 7) is 4.23. The van der Waals surface area contributed by atoms with Crippen LogP contribution in [-0.4, -0.2) is 12.7 Å². The van der Waals surface area contributed by atoms with Gasteiger partial charge < -0.3 is 9.47 Å². The number of rotatable bonds is 1. The van der Waals surface area contributed by atoms with Gasteiger partial charge in [-0.15, -0.1) is 0 Å². The molecule has 0 saturated carbocycles. The average molecular weight is 295 g/mol. The van der Waals surface area contributed by atoms with Gasteiger partial charge in [0.05, 0.1) is 7.11 Å². The van der Waals surface area contributed by atoms with E-state index in [0.29, 0.717) is 0 Å². The van der Waals surface area contributed by atoms with Gasteiger partial charge in [-0.2, -0.15) is 0 Å². The molecule has 1 unspecified atom stereocenters. The summed E-state index contributed by atoms with van der Waals surface area (Å²) in [6, 6.07) is 2.13. The summed E-state index contributed by atoms with van der Waals surface area (Å²) < 4.78 is 12.6. The minimum absolute atomic E-state index is 0.229. The zero-order chi connectivity index (χ0) is 12.2. The fraction of sp³-hybridized carbons (Fsp3) is 0.429. The van der Waals surface area contributed by atoms with Crippen molar-refractivity contribution in [2.45, 2.75) is 32.3 Å². The third-order valence-electron chi connectivity index (χ3n) is 3.73. The monoisotopic (exact) mass is 294 g/mol. The summed E-state index contributed by atoms with van der Waals surface area (Å²) in [4.78, 5) is 0. The Balaban J connectivity index is 2.02. The molecule has 0 saturated heterocycles. The van der Waals surface area contributed by atoms with Crippen molar-refractivity contribution in [3.8, 4) is 5.75 Å². The van der Waals surface area contributed by atoms with Crippen LogP contribution in [-0.2, 0) is 11.2 Å². The van der Waals surface area contributed by atoms with E-state index >= 15 is 0 Å². The number of halogens is 1. The van der Waals surface area contributed by atoms with Crippen LogP contribution in [0.25, 0.3) is 0 Å². The third-order valence-corrected chi connectivity index (χ3v) is 4.56. The first-order chi connectivity index (χ1) is 8.07. The predicted molar refractivity (Wildman–Crippen MR) is 70.4 cm³/mol. The molecular formula is C14H15BrO2. The minimum Gasteiger partial charge on any atom is -0.497 e. The second kappa shape index (κ2) is 3.52. The molecule has 1 aliphatic heterocycles. The summed E-state index contributed by atoms with van der Waals surface area (Å²) in [7, 11) is 1.71. The first kappa shape index (κ1) is 11.1. The Labute approximate surface area is 110 Å². The molecular weight excluding hydrogens is 280 g/mol. The number of methoxy groups -OCH3 is 1. The van der Waals surface area contributed by atoms with Crippen molar-refractivity contribution in [2.75, 3.05) is 7.11 Å². The smallest absolute Gasteiger partial charge is 0.187 e. The number of aryl methyl sites for hydroxylation is 1. The number of ether oxygens (including phenoxy) is 2. The van der Waals surface area contributed by atoms with E-state index in [1.165, 1.54) is 21.2 Å². The lowest BCUT2D eigenvalue weighted by Crippen LogP contribution is -2.29. The lowest BCUT2D eigenvalue weighted by atomic mass is 9.93. The topological polar surface area (TPSA) is 18.5 Å². The molecule has 1 aromatic rings. The van der Waals surface area contributed by atoms with Crippen molar-refractivity contribution in [3.05, 3.63) is 39.1 Å². The summed E-state index contributed by atoms with van der Waals surface area (Å²) in [5.41, 5.74) is 3.58. The highest BCUT2D eigenvalue weighted by Crippen LogP contribution is 2.49. The van der Waals surface area contributed by atoms with Gasteiger partial charge >= 0.3 is 0 Å². The Bertz CT molecular complexity index is 534. The molecule has 1 atom stereocenters. The van der Waals surface area contributed by atoms with Crippen LogP contribution in [0.1, 0.15) is 23.1 Å².